The van der Waals surface area contributed by atoms with E-state index in [9.17, 15) is 14.4 Å². The molecule has 0 bridgehead atoms. The van der Waals surface area contributed by atoms with E-state index in [1.165, 1.54) is 16.6 Å². The largest absolute Gasteiger partial charge is 0.346 e. The highest BCUT2D eigenvalue weighted by Crippen LogP contribution is 2.37. The highest BCUT2D eigenvalue weighted by atomic mass is 32.2. The molecule has 1 atom stereocenters. The zero-order valence-corrected chi connectivity index (χ0v) is 25.1. The standard InChI is InChI=1S/C31H34N4O3S2/c1-17-9-11-19(3)23(13-17)35-30(38)27-22-12-10-18(2)14-24(22)40-29(27)34-31(35)39-16-26(37)32-15-25(36)33-28-20(4)7-6-8-21(28)5/h6-9,11,13,18H,10,12,14-16H2,1-5H3,(H,32,37)(H,33,36)/t18-/m0/s1. The molecule has 7 nitrogen and oxygen atoms in total. The Morgan fingerprint density at radius 3 is 2.58 bits per heavy atom. The van der Waals surface area contributed by atoms with Gasteiger partial charge in [-0.25, -0.2) is 4.98 Å². The Morgan fingerprint density at radius 1 is 1.07 bits per heavy atom. The molecule has 0 saturated carbocycles. The van der Waals surface area contributed by atoms with Crippen molar-refractivity contribution in [2.45, 2.75) is 59.0 Å². The van der Waals surface area contributed by atoms with Gasteiger partial charge in [-0.05, 0) is 86.8 Å². The normalized spacial score (nSPS) is 14.7. The summed E-state index contributed by atoms with van der Waals surface area (Å²) in [6.07, 6.45) is 2.92. The smallest absolute Gasteiger partial charge is 0.267 e. The highest BCUT2D eigenvalue weighted by molar-refractivity contribution is 7.99. The maximum Gasteiger partial charge on any atom is 0.267 e. The molecule has 2 aromatic heterocycles. The molecule has 0 radical (unpaired) electrons. The van der Waals surface area contributed by atoms with Crippen LogP contribution in [0.4, 0.5) is 5.69 Å². The molecule has 2 N–H and O–H groups in total. The molecule has 1 aliphatic carbocycles. The third-order valence-corrected chi connectivity index (χ3v) is 9.51. The number of hydrogen-bond donors (Lipinski definition) is 2. The third kappa shape index (κ3) is 5.71. The van der Waals surface area contributed by atoms with Gasteiger partial charge in [-0.15, -0.1) is 11.3 Å². The van der Waals surface area contributed by atoms with Crippen LogP contribution in [0, 0.1) is 33.6 Å². The summed E-state index contributed by atoms with van der Waals surface area (Å²) in [4.78, 5) is 46.3. The Balaban J connectivity index is 1.39. The van der Waals surface area contributed by atoms with Gasteiger partial charge in [0.1, 0.15) is 4.83 Å². The van der Waals surface area contributed by atoms with Gasteiger partial charge < -0.3 is 10.6 Å². The van der Waals surface area contributed by atoms with E-state index in [2.05, 4.69) is 17.6 Å². The molecule has 9 heteroatoms. The molecule has 4 aromatic rings. The Bertz CT molecular complexity index is 1670. The number of nitrogens with one attached hydrogen (secondary N) is 2. The van der Waals surface area contributed by atoms with Gasteiger partial charge in [-0.1, -0.05) is 49.0 Å². The monoisotopic (exact) mass is 574 g/mol. The number of aromatic nitrogens is 2. The van der Waals surface area contributed by atoms with E-state index in [1.807, 2.05) is 64.1 Å². The minimum Gasteiger partial charge on any atom is -0.346 e. The van der Waals surface area contributed by atoms with Crippen LogP contribution in [-0.2, 0) is 22.4 Å². The average Bonchev–Trinajstić information content (AvgIpc) is 3.27. The fourth-order valence-corrected chi connectivity index (χ4v) is 7.46. The molecule has 0 saturated heterocycles. The first-order valence-electron chi connectivity index (χ1n) is 13.5. The molecule has 208 valence electrons. The average molecular weight is 575 g/mol. The van der Waals surface area contributed by atoms with E-state index in [-0.39, 0.29) is 29.7 Å². The van der Waals surface area contributed by atoms with E-state index in [4.69, 9.17) is 4.98 Å². The van der Waals surface area contributed by atoms with Crippen molar-refractivity contribution >= 4 is 50.8 Å². The van der Waals surface area contributed by atoms with Crippen molar-refractivity contribution in [1.29, 1.82) is 0 Å². The zero-order valence-electron chi connectivity index (χ0n) is 23.5. The van der Waals surface area contributed by atoms with E-state index in [0.29, 0.717) is 16.5 Å². The van der Waals surface area contributed by atoms with Crippen LogP contribution in [0.1, 0.15) is 46.0 Å². The first kappa shape index (κ1) is 28.1. The summed E-state index contributed by atoms with van der Waals surface area (Å²) < 4.78 is 1.67. The van der Waals surface area contributed by atoms with Crippen molar-refractivity contribution < 1.29 is 9.59 Å². The lowest BCUT2D eigenvalue weighted by atomic mass is 9.89. The molecule has 40 heavy (non-hydrogen) atoms. The molecule has 0 unspecified atom stereocenters. The van der Waals surface area contributed by atoms with E-state index < -0.39 is 0 Å². The number of anilines is 1. The van der Waals surface area contributed by atoms with Gasteiger partial charge in [-0.3, -0.25) is 19.0 Å². The number of amides is 2. The predicted octanol–water partition coefficient (Wildman–Crippen LogP) is 5.65. The van der Waals surface area contributed by atoms with Crippen molar-refractivity contribution in [3.05, 3.63) is 79.4 Å². The van der Waals surface area contributed by atoms with Crippen molar-refractivity contribution in [3.63, 3.8) is 0 Å². The number of thioether (sulfide) groups is 1. The number of hydrogen-bond acceptors (Lipinski definition) is 6. The number of carbonyl (C=O) groups is 2. The Kier molecular flexibility index (Phi) is 8.14. The lowest BCUT2D eigenvalue weighted by Crippen LogP contribution is -2.34. The molecule has 0 aliphatic heterocycles. The summed E-state index contributed by atoms with van der Waals surface area (Å²) in [5, 5.41) is 6.78. The summed E-state index contributed by atoms with van der Waals surface area (Å²) in [5.74, 6) is 0.0248. The predicted molar refractivity (Wildman–Crippen MR) is 164 cm³/mol. The van der Waals surface area contributed by atoms with Crippen LogP contribution in [0.2, 0.25) is 0 Å². The molecule has 0 fully saturated rings. The van der Waals surface area contributed by atoms with Gasteiger partial charge in [0.25, 0.3) is 5.56 Å². The summed E-state index contributed by atoms with van der Waals surface area (Å²) >= 11 is 2.82. The third-order valence-electron chi connectivity index (χ3n) is 7.43. The van der Waals surface area contributed by atoms with Gasteiger partial charge in [0, 0.05) is 10.6 Å². The fraction of sp³-hybridized carbons (Fsp3) is 0.355. The molecule has 5 rings (SSSR count). The maximum atomic E-state index is 14.1. The maximum absolute atomic E-state index is 14.1. The van der Waals surface area contributed by atoms with Crippen LogP contribution < -0.4 is 16.2 Å². The summed E-state index contributed by atoms with van der Waals surface area (Å²) in [5.41, 5.74) is 6.52. The molecular formula is C31H34N4O3S2. The van der Waals surface area contributed by atoms with Crippen LogP contribution in [0.5, 0.6) is 0 Å². The fourth-order valence-electron chi connectivity index (χ4n) is 5.20. The molecule has 2 aromatic carbocycles. The number of rotatable bonds is 7. The van der Waals surface area contributed by atoms with Crippen molar-refractivity contribution in [2.75, 3.05) is 17.6 Å². The second-order valence-electron chi connectivity index (χ2n) is 10.7. The second-order valence-corrected chi connectivity index (χ2v) is 12.8. The van der Waals surface area contributed by atoms with Gasteiger partial charge in [0.05, 0.1) is 23.4 Å². The number of aryl methyl sites for hydroxylation is 5. The summed E-state index contributed by atoms with van der Waals surface area (Å²) in [7, 11) is 0. The number of benzene rings is 2. The topological polar surface area (TPSA) is 93.1 Å². The number of para-hydroxylation sites is 1. The van der Waals surface area contributed by atoms with Gasteiger partial charge in [-0.2, -0.15) is 0 Å². The minimum atomic E-state index is -0.303. The number of carbonyl (C=O) groups excluding carboxylic acids is 2. The Hall–Kier alpha value is -3.43. The molecule has 0 spiro atoms. The summed E-state index contributed by atoms with van der Waals surface area (Å²) in [6.45, 7) is 9.95. The second kappa shape index (κ2) is 11.6. The Morgan fingerprint density at radius 2 is 1.82 bits per heavy atom. The van der Waals surface area contributed by atoms with E-state index in [0.717, 1.165) is 63.3 Å². The SMILES string of the molecule is Cc1ccc(C)c(-n2c(SCC(=O)NCC(=O)Nc3c(C)cccc3C)nc3sc4c(c3c2=O)CC[C@H](C)C4)c1. The first-order chi connectivity index (χ1) is 19.1. The first-order valence-corrected chi connectivity index (χ1v) is 15.3. The van der Waals surface area contributed by atoms with Gasteiger partial charge >= 0.3 is 0 Å². The van der Waals surface area contributed by atoms with Crippen LogP contribution in [0.15, 0.2) is 46.3 Å². The molecule has 2 heterocycles. The van der Waals surface area contributed by atoms with Crippen molar-refractivity contribution in [1.82, 2.24) is 14.9 Å². The minimum absolute atomic E-state index is 0.0294. The van der Waals surface area contributed by atoms with Crippen LogP contribution in [-0.4, -0.2) is 33.7 Å². The highest BCUT2D eigenvalue weighted by Gasteiger charge is 2.26. The quantitative estimate of drug-likeness (QED) is 0.220. The lowest BCUT2D eigenvalue weighted by Gasteiger charge is -2.18. The number of thiophene rings is 1. The van der Waals surface area contributed by atoms with Gasteiger partial charge in [0.2, 0.25) is 11.8 Å². The Labute approximate surface area is 242 Å². The van der Waals surface area contributed by atoms with Crippen LogP contribution in [0.25, 0.3) is 15.9 Å². The lowest BCUT2D eigenvalue weighted by molar-refractivity contribution is -0.122. The molecular weight excluding hydrogens is 541 g/mol. The molecule has 2 amide bonds. The number of nitrogens with zero attached hydrogens (tertiary/aromatic N) is 2. The van der Waals surface area contributed by atoms with Crippen LogP contribution in [0.3, 0.4) is 0 Å². The molecule has 1 aliphatic rings. The summed E-state index contributed by atoms with van der Waals surface area (Å²) in [6, 6.07) is 11.8. The van der Waals surface area contributed by atoms with E-state index >= 15 is 0 Å². The van der Waals surface area contributed by atoms with Crippen LogP contribution >= 0.6 is 23.1 Å². The number of fused-ring (bicyclic) bond motifs is 3. The van der Waals surface area contributed by atoms with E-state index in [1.54, 1.807) is 15.9 Å². The van der Waals surface area contributed by atoms with Crippen molar-refractivity contribution in [3.8, 4) is 5.69 Å². The zero-order chi connectivity index (χ0) is 28.6. The van der Waals surface area contributed by atoms with Crippen molar-refractivity contribution in [2.24, 2.45) is 5.92 Å². The van der Waals surface area contributed by atoms with Gasteiger partial charge in [0.15, 0.2) is 5.16 Å².